The normalized spacial score (nSPS) is 11.6. The molecule has 0 fully saturated rings. The first-order chi connectivity index (χ1) is 18.9. The van der Waals surface area contributed by atoms with E-state index < -0.39 is 18.0 Å². The van der Waals surface area contributed by atoms with Crippen LogP contribution >= 0.6 is 15.9 Å². The Labute approximate surface area is 235 Å². The van der Waals surface area contributed by atoms with Crippen LogP contribution in [0.3, 0.4) is 0 Å². The molecule has 0 aromatic heterocycles. The van der Waals surface area contributed by atoms with Crippen LogP contribution in [0.5, 0.6) is 17.2 Å². The fourth-order valence-electron chi connectivity index (χ4n) is 3.54. The summed E-state index contributed by atoms with van der Waals surface area (Å²) in [5.41, 5.74) is 5.33. The predicted octanol–water partition coefficient (Wildman–Crippen LogP) is 6.47. The number of carbonyl (C=O) groups excluding carboxylic acids is 2. The van der Waals surface area contributed by atoms with Crippen molar-refractivity contribution in [2.75, 3.05) is 0 Å². The van der Waals surface area contributed by atoms with Crippen molar-refractivity contribution in [1.82, 2.24) is 5.43 Å². The molecule has 1 amide bonds. The average molecular weight is 587 g/mol. The van der Waals surface area contributed by atoms with Crippen LogP contribution in [-0.2, 0) is 11.4 Å². The van der Waals surface area contributed by atoms with Gasteiger partial charge in [0.15, 0.2) is 6.10 Å². The summed E-state index contributed by atoms with van der Waals surface area (Å²) in [4.78, 5) is 25.2. The highest BCUT2D eigenvalue weighted by atomic mass is 79.9. The van der Waals surface area contributed by atoms with Gasteiger partial charge in [-0.05, 0) is 73.5 Å². The number of amides is 1. The molecule has 4 aromatic carbocycles. The molecule has 0 radical (unpaired) electrons. The predicted molar refractivity (Wildman–Crippen MR) is 153 cm³/mol. The van der Waals surface area contributed by atoms with Gasteiger partial charge in [-0.3, -0.25) is 4.79 Å². The number of halogens is 1. The van der Waals surface area contributed by atoms with E-state index in [1.54, 1.807) is 61.5 Å². The molecule has 4 rings (SSSR count). The smallest absolute Gasteiger partial charge is 0.343 e. The second kappa shape index (κ2) is 13.4. The van der Waals surface area contributed by atoms with Gasteiger partial charge in [-0.15, -0.1) is 0 Å². The number of nitrogens with one attached hydrogen (secondary N) is 1. The number of nitrogens with zero attached hydrogens (tertiary/aromatic N) is 1. The second-order valence-corrected chi connectivity index (χ2v) is 9.54. The van der Waals surface area contributed by atoms with Crippen LogP contribution in [0.2, 0.25) is 0 Å². The Hall–Kier alpha value is -4.43. The van der Waals surface area contributed by atoms with Crippen molar-refractivity contribution in [2.24, 2.45) is 5.10 Å². The van der Waals surface area contributed by atoms with Crippen molar-refractivity contribution < 1.29 is 23.8 Å². The van der Waals surface area contributed by atoms with Gasteiger partial charge in [0.2, 0.25) is 0 Å². The molecule has 0 saturated carbocycles. The number of hydrazone groups is 1. The maximum atomic E-state index is 12.7. The van der Waals surface area contributed by atoms with Gasteiger partial charge in [0.05, 0.1) is 11.8 Å². The number of benzene rings is 4. The Kier molecular flexibility index (Phi) is 9.48. The van der Waals surface area contributed by atoms with Crippen LogP contribution in [0.25, 0.3) is 0 Å². The Balaban J connectivity index is 1.31. The topological polar surface area (TPSA) is 86.2 Å². The molecule has 0 bridgehead atoms. The van der Waals surface area contributed by atoms with Gasteiger partial charge < -0.3 is 14.2 Å². The second-order valence-electron chi connectivity index (χ2n) is 8.63. The lowest BCUT2D eigenvalue weighted by Crippen LogP contribution is -2.33. The number of ether oxygens (including phenoxy) is 3. The number of aryl methyl sites for hydroxylation is 1. The fourth-order valence-corrected chi connectivity index (χ4v) is 3.92. The summed E-state index contributed by atoms with van der Waals surface area (Å²) in [7, 11) is 0. The van der Waals surface area contributed by atoms with Crippen molar-refractivity contribution in [3.05, 3.63) is 124 Å². The van der Waals surface area contributed by atoms with E-state index in [2.05, 4.69) is 26.5 Å². The molecule has 0 aliphatic carbocycles. The molecular formula is C31H27BrN2O5. The molecule has 0 saturated heterocycles. The van der Waals surface area contributed by atoms with Crippen LogP contribution in [0.4, 0.5) is 0 Å². The molecule has 198 valence electrons. The van der Waals surface area contributed by atoms with Gasteiger partial charge in [-0.2, -0.15) is 5.10 Å². The lowest BCUT2D eigenvalue weighted by Gasteiger charge is -2.14. The van der Waals surface area contributed by atoms with Gasteiger partial charge in [-0.1, -0.05) is 64.5 Å². The minimum atomic E-state index is -0.806. The lowest BCUT2D eigenvalue weighted by molar-refractivity contribution is -0.127. The summed E-state index contributed by atoms with van der Waals surface area (Å²) in [6.07, 6.45) is 0.605. The van der Waals surface area contributed by atoms with E-state index in [-0.39, 0.29) is 0 Å². The van der Waals surface area contributed by atoms with Crippen molar-refractivity contribution in [2.45, 2.75) is 26.6 Å². The summed E-state index contributed by atoms with van der Waals surface area (Å²) in [5.74, 6) is 0.604. The molecule has 1 atom stereocenters. The number of hydrogen-bond acceptors (Lipinski definition) is 6. The van der Waals surface area contributed by atoms with E-state index in [1.807, 2.05) is 49.4 Å². The summed E-state index contributed by atoms with van der Waals surface area (Å²) < 4.78 is 17.9. The first-order valence-electron chi connectivity index (χ1n) is 12.2. The number of carbonyl (C=O) groups is 2. The van der Waals surface area contributed by atoms with E-state index in [0.717, 1.165) is 15.6 Å². The molecule has 7 nitrogen and oxygen atoms in total. The maximum absolute atomic E-state index is 12.7. The summed E-state index contributed by atoms with van der Waals surface area (Å²) >= 11 is 3.41. The zero-order chi connectivity index (χ0) is 27.6. The van der Waals surface area contributed by atoms with E-state index in [1.165, 1.54) is 6.21 Å². The van der Waals surface area contributed by atoms with Gasteiger partial charge in [0.25, 0.3) is 5.91 Å². The van der Waals surface area contributed by atoms with Crippen LogP contribution in [-0.4, -0.2) is 24.2 Å². The quantitative estimate of drug-likeness (QED) is 0.0995. The minimum absolute atomic E-state index is 0.309. The van der Waals surface area contributed by atoms with E-state index in [4.69, 9.17) is 14.2 Å². The monoisotopic (exact) mass is 586 g/mol. The molecule has 0 heterocycles. The first kappa shape index (κ1) is 27.6. The zero-order valence-corrected chi connectivity index (χ0v) is 23.1. The van der Waals surface area contributed by atoms with Crippen molar-refractivity contribution >= 4 is 34.0 Å². The SMILES string of the molecule is Cc1ccccc1C(=O)Oc1ccc(Br)cc1/C=N/NC(=O)C(C)Oc1ccc(OCc2ccccc2)cc1. The van der Waals surface area contributed by atoms with Crippen LogP contribution in [0.15, 0.2) is 107 Å². The van der Waals surface area contributed by atoms with Crippen LogP contribution in [0.1, 0.15) is 34.0 Å². The molecular weight excluding hydrogens is 560 g/mol. The molecule has 0 aliphatic rings. The third-order valence-corrected chi connectivity index (χ3v) is 6.17. The first-order valence-corrected chi connectivity index (χ1v) is 13.0. The zero-order valence-electron chi connectivity index (χ0n) is 21.5. The highest BCUT2D eigenvalue weighted by Crippen LogP contribution is 2.24. The average Bonchev–Trinajstić information content (AvgIpc) is 2.94. The van der Waals surface area contributed by atoms with Crippen molar-refractivity contribution in [1.29, 1.82) is 0 Å². The van der Waals surface area contributed by atoms with E-state index in [0.29, 0.717) is 35.0 Å². The van der Waals surface area contributed by atoms with Crippen LogP contribution in [0, 0.1) is 6.92 Å². The Morgan fingerprint density at radius 1 is 0.923 bits per heavy atom. The largest absolute Gasteiger partial charge is 0.489 e. The molecule has 0 spiro atoms. The lowest BCUT2D eigenvalue weighted by atomic mass is 10.1. The van der Waals surface area contributed by atoms with Crippen molar-refractivity contribution in [3.63, 3.8) is 0 Å². The number of hydrogen-bond donors (Lipinski definition) is 1. The molecule has 8 heteroatoms. The fraction of sp³-hybridized carbons (Fsp3) is 0.129. The third kappa shape index (κ3) is 8.02. The Morgan fingerprint density at radius 2 is 1.62 bits per heavy atom. The number of rotatable bonds is 10. The van der Waals surface area contributed by atoms with Crippen LogP contribution < -0.4 is 19.6 Å². The highest BCUT2D eigenvalue weighted by molar-refractivity contribution is 9.10. The summed E-state index contributed by atoms with van der Waals surface area (Å²) in [6.45, 7) is 3.93. The Bertz CT molecular complexity index is 1460. The maximum Gasteiger partial charge on any atom is 0.343 e. The van der Waals surface area contributed by atoms with Gasteiger partial charge in [0.1, 0.15) is 23.9 Å². The van der Waals surface area contributed by atoms with E-state index in [9.17, 15) is 9.59 Å². The number of esters is 1. The third-order valence-electron chi connectivity index (χ3n) is 5.67. The van der Waals surface area contributed by atoms with Gasteiger partial charge >= 0.3 is 5.97 Å². The Morgan fingerprint density at radius 3 is 2.36 bits per heavy atom. The molecule has 1 unspecified atom stereocenters. The highest BCUT2D eigenvalue weighted by Gasteiger charge is 2.15. The molecule has 39 heavy (non-hydrogen) atoms. The van der Waals surface area contributed by atoms with Gasteiger partial charge in [-0.25, -0.2) is 10.2 Å². The van der Waals surface area contributed by atoms with Gasteiger partial charge in [0, 0.05) is 10.0 Å². The van der Waals surface area contributed by atoms with E-state index >= 15 is 0 Å². The minimum Gasteiger partial charge on any atom is -0.489 e. The molecule has 4 aromatic rings. The molecule has 0 aliphatic heterocycles. The molecule has 1 N–H and O–H groups in total. The van der Waals surface area contributed by atoms with Crippen molar-refractivity contribution in [3.8, 4) is 17.2 Å². The summed E-state index contributed by atoms with van der Waals surface area (Å²) in [5, 5.41) is 4.03. The summed E-state index contributed by atoms with van der Waals surface area (Å²) in [6, 6.07) is 29.3. The standard InChI is InChI=1S/C31H27BrN2O5/c1-21-8-6-7-11-28(21)31(36)39-29-17-12-25(32)18-24(29)19-33-34-30(35)22(2)38-27-15-13-26(14-16-27)37-20-23-9-4-3-5-10-23/h3-19,22H,20H2,1-2H3,(H,34,35)/b33-19+.